The molecule has 0 unspecified atom stereocenters. The summed E-state index contributed by atoms with van der Waals surface area (Å²) in [7, 11) is 0. The molecule has 25 heavy (non-hydrogen) atoms. The molecule has 0 spiro atoms. The third-order valence-electron chi connectivity index (χ3n) is 3.19. The van der Waals surface area contributed by atoms with Crippen LogP contribution in [-0.4, -0.2) is 17.5 Å². The molecule has 0 aliphatic carbocycles. The maximum Gasteiger partial charge on any atom is 0.387 e. The van der Waals surface area contributed by atoms with Gasteiger partial charge in [0.15, 0.2) is 0 Å². The number of halogens is 3. The standard InChI is InChI=1S/C17H11ClF2N2O2S/c18-11-6-2-1-5-10(11)16-21-9-14(25-16)15(23)22-12-7-3-4-8-13(12)24-17(19)20/h1-9,17H,(H,22,23). The van der Waals surface area contributed by atoms with E-state index < -0.39 is 12.5 Å². The number of amides is 1. The van der Waals surface area contributed by atoms with E-state index in [1.165, 1.54) is 24.4 Å². The monoisotopic (exact) mass is 380 g/mol. The number of anilines is 1. The summed E-state index contributed by atoms with van der Waals surface area (Å²) in [6.45, 7) is -2.98. The van der Waals surface area contributed by atoms with Gasteiger partial charge in [0.2, 0.25) is 0 Å². The van der Waals surface area contributed by atoms with E-state index in [1.807, 2.05) is 6.07 Å². The SMILES string of the molecule is O=C(Nc1ccccc1OC(F)F)c1cnc(-c2ccccc2Cl)s1. The number of hydrogen-bond donors (Lipinski definition) is 1. The van der Waals surface area contributed by atoms with Gasteiger partial charge in [-0.1, -0.05) is 41.9 Å². The van der Waals surface area contributed by atoms with Crippen molar-refractivity contribution in [1.29, 1.82) is 0 Å². The third kappa shape index (κ3) is 4.12. The molecule has 1 N–H and O–H groups in total. The predicted molar refractivity (Wildman–Crippen MR) is 93.6 cm³/mol. The number of alkyl halides is 2. The Morgan fingerprint density at radius 2 is 1.88 bits per heavy atom. The highest BCUT2D eigenvalue weighted by molar-refractivity contribution is 7.17. The number of nitrogens with zero attached hydrogens (tertiary/aromatic N) is 1. The van der Waals surface area contributed by atoms with Crippen LogP contribution in [0.1, 0.15) is 9.67 Å². The highest BCUT2D eigenvalue weighted by atomic mass is 35.5. The van der Waals surface area contributed by atoms with Gasteiger partial charge in [0.25, 0.3) is 5.91 Å². The van der Waals surface area contributed by atoms with Crippen LogP contribution in [0, 0.1) is 0 Å². The quantitative estimate of drug-likeness (QED) is 0.652. The lowest BCUT2D eigenvalue weighted by molar-refractivity contribution is -0.0493. The second-order valence-electron chi connectivity index (χ2n) is 4.84. The molecule has 0 aliphatic rings. The summed E-state index contributed by atoms with van der Waals surface area (Å²) in [4.78, 5) is 16.9. The molecule has 1 heterocycles. The molecule has 0 aliphatic heterocycles. The number of para-hydroxylation sites is 2. The van der Waals surface area contributed by atoms with Crippen LogP contribution in [0.15, 0.2) is 54.7 Å². The zero-order chi connectivity index (χ0) is 17.8. The number of thiazole rings is 1. The molecule has 0 radical (unpaired) electrons. The zero-order valence-corrected chi connectivity index (χ0v) is 14.2. The van der Waals surface area contributed by atoms with E-state index >= 15 is 0 Å². The van der Waals surface area contributed by atoms with Crippen molar-refractivity contribution in [3.05, 3.63) is 64.6 Å². The summed E-state index contributed by atoms with van der Waals surface area (Å²) in [6, 6.07) is 13.1. The number of hydrogen-bond acceptors (Lipinski definition) is 4. The Morgan fingerprint density at radius 3 is 2.64 bits per heavy atom. The molecule has 8 heteroatoms. The Balaban J connectivity index is 1.81. The maximum atomic E-state index is 12.4. The Hall–Kier alpha value is -2.51. The van der Waals surface area contributed by atoms with Crippen molar-refractivity contribution in [2.45, 2.75) is 6.61 Å². The van der Waals surface area contributed by atoms with Crippen molar-refractivity contribution in [3.8, 4) is 16.3 Å². The average Bonchev–Trinajstić information content (AvgIpc) is 3.06. The van der Waals surface area contributed by atoms with Gasteiger partial charge in [0, 0.05) is 5.56 Å². The topological polar surface area (TPSA) is 51.2 Å². The second kappa shape index (κ2) is 7.58. The molecule has 0 saturated carbocycles. The van der Waals surface area contributed by atoms with E-state index in [4.69, 9.17) is 11.6 Å². The molecule has 3 aromatic rings. The van der Waals surface area contributed by atoms with E-state index in [9.17, 15) is 13.6 Å². The fourth-order valence-electron chi connectivity index (χ4n) is 2.09. The first-order chi connectivity index (χ1) is 12.0. The molecular weight excluding hydrogens is 370 g/mol. The summed E-state index contributed by atoms with van der Waals surface area (Å²) in [5.74, 6) is -0.581. The summed E-state index contributed by atoms with van der Waals surface area (Å²) >= 11 is 7.28. The molecule has 0 atom stereocenters. The molecule has 0 bridgehead atoms. The van der Waals surface area contributed by atoms with Gasteiger partial charge in [-0.15, -0.1) is 11.3 Å². The number of benzene rings is 2. The van der Waals surface area contributed by atoms with E-state index in [-0.39, 0.29) is 11.4 Å². The first-order valence-electron chi connectivity index (χ1n) is 7.10. The normalized spacial score (nSPS) is 10.7. The summed E-state index contributed by atoms with van der Waals surface area (Å²) in [5.41, 5.74) is 0.871. The number of nitrogens with one attached hydrogen (secondary N) is 1. The highest BCUT2D eigenvalue weighted by Crippen LogP contribution is 2.32. The number of rotatable bonds is 5. The van der Waals surface area contributed by atoms with Crippen molar-refractivity contribution in [2.75, 3.05) is 5.32 Å². The number of carbonyl (C=O) groups is 1. The molecular formula is C17H11ClF2N2O2S. The minimum Gasteiger partial charge on any atom is -0.433 e. The molecule has 4 nitrogen and oxygen atoms in total. The van der Waals surface area contributed by atoms with Gasteiger partial charge in [0.05, 0.1) is 16.9 Å². The predicted octanol–water partition coefficient (Wildman–Crippen LogP) is 5.32. The highest BCUT2D eigenvalue weighted by Gasteiger charge is 2.16. The van der Waals surface area contributed by atoms with E-state index in [2.05, 4.69) is 15.0 Å². The summed E-state index contributed by atoms with van der Waals surface area (Å²) in [6.07, 6.45) is 1.41. The molecule has 2 aromatic carbocycles. The Kier molecular flexibility index (Phi) is 5.25. The summed E-state index contributed by atoms with van der Waals surface area (Å²) in [5, 5.41) is 3.67. The molecule has 0 saturated heterocycles. The lowest BCUT2D eigenvalue weighted by atomic mass is 10.2. The van der Waals surface area contributed by atoms with E-state index in [0.717, 1.165) is 16.9 Å². The van der Waals surface area contributed by atoms with Crippen molar-refractivity contribution in [2.24, 2.45) is 0 Å². The molecule has 1 amide bonds. The smallest absolute Gasteiger partial charge is 0.387 e. The van der Waals surface area contributed by atoms with Gasteiger partial charge >= 0.3 is 6.61 Å². The summed E-state index contributed by atoms with van der Waals surface area (Å²) < 4.78 is 29.3. The molecule has 0 fully saturated rings. The molecule has 128 valence electrons. The molecule has 3 rings (SSSR count). The van der Waals surface area contributed by atoms with Crippen LogP contribution in [0.4, 0.5) is 14.5 Å². The average molecular weight is 381 g/mol. The van der Waals surface area contributed by atoms with Gasteiger partial charge in [-0.05, 0) is 18.2 Å². The van der Waals surface area contributed by atoms with Crippen LogP contribution in [0.3, 0.4) is 0 Å². The maximum absolute atomic E-state index is 12.4. The Bertz CT molecular complexity index is 902. The van der Waals surface area contributed by atoms with Crippen molar-refractivity contribution in [3.63, 3.8) is 0 Å². The van der Waals surface area contributed by atoms with Crippen LogP contribution in [-0.2, 0) is 0 Å². The van der Waals surface area contributed by atoms with Crippen LogP contribution in [0.25, 0.3) is 10.6 Å². The van der Waals surface area contributed by atoms with Gasteiger partial charge in [-0.25, -0.2) is 4.98 Å². The largest absolute Gasteiger partial charge is 0.433 e. The lowest BCUT2D eigenvalue weighted by Crippen LogP contribution is -2.12. The van der Waals surface area contributed by atoms with Crippen LogP contribution in [0.2, 0.25) is 5.02 Å². The van der Waals surface area contributed by atoms with Crippen LogP contribution in [0.5, 0.6) is 5.75 Å². The van der Waals surface area contributed by atoms with Crippen molar-refractivity contribution >= 4 is 34.5 Å². The first kappa shape index (κ1) is 17.3. The van der Waals surface area contributed by atoms with Gasteiger partial charge in [-0.2, -0.15) is 8.78 Å². The Labute approximate surface area is 151 Å². The van der Waals surface area contributed by atoms with Crippen molar-refractivity contribution in [1.82, 2.24) is 4.98 Å². The van der Waals surface area contributed by atoms with Crippen LogP contribution < -0.4 is 10.1 Å². The molecule has 1 aromatic heterocycles. The first-order valence-corrected chi connectivity index (χ1v) is 8.30. The van der Waals surface area contributed by atoms with E-state index in [1.54, 1.807) is 24.3 Å². The number of carbonyl (C=O) groups excluding carboxylic acids is 1. The Morgan fingerprint density at radius 1 is 1.16 bits per heavy atom. The van der Waals surface area contributed by atoms with E-state index in [0.29, 0.717) is 14.9 Å². The second-order valence-corrected chi connectivity index (χ2v) is 6.28. The van der Waals surface area contributed by atoms with Crippen molar-refractivity contribution < 1.29 is 18.3 Å². The lowest BCUT2D eigenvalue weighted by Gasteiger charge is -2.10. The van der Waals surface area contributed by atoms with Gasteiger partial charge < -0.3 is 10.1 Å². The fourth-order valence-corrected chi connectivity index (χ4v) is 3.22. The van der Waals surface area contributed by atoms with Crippen LogP contribution >= 0.6 is 22.9 Å². The minimum atomic E-state index is -2.98. The third-order valence-corrected chi connectivity index (χ3v) is 4.54. The fraction of sp³-hybridized carbons (Fsp3) is 0.0588. The number of aromatic nitrogens is 1. The minimum absolute atomic E-state index is 0.110. The van der Waals surface area contributed by atoms with Gasteiger partial charge in [-0.3, -0.25) is 4.79 Å². The number of ether oxygens (including phenoxy) is 1. The van der Waals surface area contributed by atoms with Gasteiger partial charge in [0.1, 0.15) is 15.6 Å². The zero-order valence-electron chi connectivity index (χ0n) is 12.6.